The van der Waals surface area contributed by atoms with Crippen LogP contribution in [0, 0.1) is 0 Å². The maximum Gasteiger partial charge on any atom is 0.320 e. The summed E-state index contributed by atoms with van der Waals surface area (Å²) in [4.78, 5) is 9.57. The van der Waals surface area contributed by atoms with Crippen molar-refractivity contribution >= 4 is 5.97 Å². The van der Waals surface area contributed by atoms with Crippen LogP contribution in [0.15, 0.2) is 0 Å². The Bertz CT molecular complexity index is 64.0. The molecule has 0 fully saturated rings. The normalized spacial score (nSPS) is 11.7. The average Bonchev–Trinajstić information content (AvgIpc) is 1.36. The quantitative estimate of drug-likeness (QED) is 0.475. The van der Waals surface area contributed by atoms with Crippen LogP contribution in [0.4, 0.5) is 0 Å². The van der Waals surface area contributed by atoms with E-state index in [1.165, 1.54) is 6.92 Å². The fourth-order valence-electron chi connectivity index (χ4n) is 0. The predicted octanol–water partition coefficient (Wildman–Crippen LogP) is -0.584. The van der Waals surface area contributed by atoms with Gasteiger partial charge in [-0.05, 0) is 6.92 Å². The van der Waals surface area contributed by atoms with Gasteiger partial charge in [0.15, 0.2) is 0 Å². The Morgan fingerprint density at radius 2 is 2.00 bits per heavy atom. The van der Waals surface area contributed by atoms with Crippen LogP contribution in [0.1, 0.15) is 6.92 Å². The van der Waals surface area contributed by atoms with Crippen LogP contribution in [0.5, 0.6) is 0 Å². The second kappa shape index (κ2) is 4.31. The van der Waals surface area contributed by atoms with E-state index in [9.17, 15) is 4.79 Å². The minimum absolute atomic E-state index is 0. The first-order chi connectivity index (χ1) is 2.64. The molecule has 0 aliphatic rings. The van der Waals surface area contributed by atoms with Gasteiger partial charge >= 0.3 is 5.97 Å². The summed E-state index contributed by atoms with van der Waals surface area (Å²) < 4.78 is 0. The van der Waals surface area contributed by atoms with Gasteiger partial charge in [-0.2, -0.15) is 0 Å². The third-order valence-corrected chi connectivity index (χ3v) is 0.390. The van der Waals surface area contributed by atoms with Crippen molar-refractivity contribution in [3.63, 3.8) is 0 Å². The Morgan fingerprint density at radius 3 is 2.00 bits per heavy atom. The number of nitrogens with two attached hydrogens (primary N) is 1. The fourth-order valence-corrected chi connectivity index (χ4v) is 0. The van der Waals surface area contributed by atoms with Crippen molar-refractivity contribution in [2.75, 3.05) is 0 Å². The molecule has 0 aliphatic heterocycles. The van der Waals surface area contributed by atoms with Crippen molar-refractivity contribution in [3.8, 4) is 0 Å². The minimum Gasteiger partial charge on any atom is -0.480 e. The molecular formula is C3H7NO2Ti. The number of rotatable bonds is 1. The number of carboxylic acid groups (broad SMARTS) is 1. The van der Waals surface area contributed by atoms with E-state index in [0.29, 0.717) is 0 Å². The number of carboxylic acids is 1. The van der Waals surface area contributed by atoms with Crippen LogP contribution >= 0.6 is 0 Å². The van der Waals surface area contributed by atoms with Crippen molar-refractivity contribution in [3.05, 3.63) is 0 Å². The molecule has 3 nitrogen and oxygen atoms in total. The van der Waals surface area contributed by atoms with E-state index in [1.54, 1.807) is 0 Å². The van der Waals surface area contributed by atoms with Gasteiger partial charge in [-0.1, -0.05) is 0 Å². The van der Waals surface area contributed by atoms with E-state index in [2.05, 4.69) is 0 Å². The molecule has 3 N–H and O–H groups in total. The van der Waals surface area contributed by atoms with Gasteiger partial charge in [0.1, 0.15) is 6.04 Å². The predicted molar refractivity (Wildman–Crippen MR) is 21.3 cm³/mol. The molecule has 0 amide bonds. The molecule has 40 valence electrons. The molecular weight excluding hydrogens is 130 g/mol. The van der Waals surface area contributed by atoms with Crippen molar-refractivity contribution in [2.45, 2.75) is 13.0 Å². The van der Waals surface area contributed by atoms with Crippen molar-refractivity contribution in [1.82, 2.24) is 0 Å². The van der Waals surface area contributed by atoms with E-state index < -0.39 is 12.0 Å². The van der Waals surface area contributed by atoms with Crippen LogP contribution < -0.4 is 5.73 Å². The summed E-state index contributed by atoms with van der Waals surface area (Å²) in [5.74, 6) is -0.963. The van der Waals surface area contributed by atoms with Gasteiger partial charge in [0.25, 0.3) is 0 Å². The maximum atomic E-state index is 9.57. The second-order valence-corrected chi connectivity index (χ2v) is 1.13. The first-order valence-electron chi connectivity index (χ1n) is 1.63. The van der Waals surface area contributed by atoms with Crippen LogP contribution in [0.25, 0.3) is 0 Å². The molecule has 0 rings (SSSR count). The largest absolute Gasteiger partial charge is 0.480 e. The van der Waals surface area contributed by atoms with Crippen molar-refractivity contribution in [2.24, 2.45) is 5.73 Å². The first kappa shape index (κ1) is 10.2. The van der Waals surface area contributed by atoms with E-state index in [4.69, 9.17) is 10.8 Å². The molecule has 0 unspecified atom stereocenters. The summed E-state index contributed by atoms with van der Waals surface area (Å²) in [5, 5.41) is 7.87. The maximum absolute atomic E-state index is 9.57. The zero-order valence-electron chi connectivity index (χ0n) is 4.01. The Balaban J connectivity index is 0. The number of hydrogen-bond acceptors (Lipinski definition) is 2. The van der Waals surface area contributed by atoms with Crippen LogP contribution in [-0.2, 0) is 26.5 Å². The molecule has 0 radical (unpaired) electrons. The van der Waals surface area contributed by atoms with E-state index in [0.717, 1.165) is 0 Å². The van der Waals surface area contributed by atoms with E-state index in [-0.39, 0.29) is 21.7 Å². The molecule has 0 spiro atoms. The second-order valence-electron chi connectivity index (χ2n) is 1.13. The van der Waals surface area contributed by atoms with Crippen LogP contribution in [0.3, 0.4) is 0 Å². The molecule has 1 atom stereocenters. The van der Waals surface area contributed by atoms with Crippen LogP contribution in [-0.4, -0.2) is 17.1 Å². The molecule has 0 aliphatic carbocycles. The third-order valence-electron chi connectivity index (χ3n) is 0.390. The molecule has 0 bridgehead atoms. The smallest absolute Gasteiger partial charge is 0.320 e. The standard InChI is InChI=1S/C3H7NO2.Ti/c1-2(4)3(5)6;/h2H,4H2,1H3,(H,5,6);/t2-;/m0./s1. The van der Waals surface area contributed by atoms with Crippen molar-refractivity contribution < 1.29 is 31.6 Å². The summed E-state index contributed by atoms with van der Waals surface area (Å²) in [6, 6.07) is -0.731. The van der Waals surface area contributed by atoms with Crippen molar-refractivity contribution in [1.29, 1.82) is 0 Å². The molecule has 0 aromatic rings. The minimum atomic E-state index is -0.963. The van der Waals surface area contributed by atoms with Gasteiger partial charge in [-0.25, -0.2) is 0 Å². The summed E-state index contributed by atoms with van der Waals surface area (Å²) >= 11 is 0. The summed E-state index contributed by atoms with van der Waals surface area (Å²) in [5.41, 5.74) is 4.84. The van der Waals surface area contributed by atoms with Gasteiger partial charge in [-0.15, -0.1) is 0 Å². The van der Waals surface area contributed by atoms with Gasteiger partial charge in [0.05, 0.1) is 0 Å². The Labute approximate surface area is 56.8 Å². The van der Waals surface area contributed by atoms with Crippen LogP contribution in [0.2, 0.25) is 0 Å². The summed E-state index contributed by atoms with van der Waals surface area (Å²) in [6.07, 6.45) is 0. The van der Waals surface area contributed by atoms with Gasteiger partial charge in [-0.3, -0.25) is 4.79 Å². The van der Waals surface area contributed by atoms with Gasteiger partial charge in [0.2, 0.25) is 0 Å². The molecule has 0 aromatic heterocycles. The van der Waals surface area contributed by atoms with E-state index in [1.807, 2.05) is 0 Å². The Morgan fingerprint density at radius 1 is 1.86 bits per heavy atom. The zero-order chi connectivity index (χ0) is 5.15. The Kier molecular flexibility index (Phi) is 6.27. The molecule has 7 heavy (non-hydrogen) atoms. The SMILES string of the molecule is C[C@H](N)C(=O)O.[Ti]. The molecule has 0 saturated carbocycles. The molecule has 0 saturated heterocycles. The van der Waals surface area contributed by atoms with Gasteiger partial charge in [0, 0.05) is 21.7 Å². The van der Waals surface area contributed by atoms with Gasteiger partial charge < -0.3 is 10.8 Å². The zero-order valence-corrected chi connectivity index (χ0v) is 5.57. The average molecular weight is 137 g/mol. The Hall–Kier alpha value is 0.144. The number of carbonyl (C=O) groups is 1. The third kappa shape index (κ3) is 6.14. The summed E-state index contributed by atoms with van der Waals surface area (Å²) in [6.45, 7) is 1.42. The fraction of sp³-hybridized carbons (Fsp3) is 0.667. The topological polar surface area (TPSA) is 63.3 Å². The molecule has 4 heteroatoms. The van der Waals surface area contributed by atoms with E-state index >= 15 is 0 Å². The number of aliphatic carboxylic acids is 1. The molecule has 0 heterocycles. The number of hydrogen-bond donors (Lipinski definition) is 2. The first-order valence-corrected chi connectivity index (χ1v) is 1.63. The summed E-state index contributed by atoms with van der Waals surface area (Å²) in [7, 11) is 0. The monoisotopic (exact) mass is 137 g/mol. The molecule has 0 aromatic carbocycles.